The predicted molar refractivity (Wildman–Crippen MR) is 95.4 cm³/mol. The van der Waals surface area contributed by atoms with Gasteiger partial charge in [-0.05, 0) is 42.5 Å². The zero-order chi connectivity index (χ0) is 17.6. The van der Waals surface area contributed by atoms with Gasteiger partial charge in [0.05, 0.1) is 7.11 Å². The van der Waals surface area contributed by atoms with Crippen LogP contribution in [0.5, 0.6) is 11.5 Å². The van der Waals surface area contributed by atoms with Crippen LogP contribution in [0, 0.1) is 0 Å². The molecule has 0 aliphatic rings. The molecule has 0 spiro atoms. The molecule has 1 aromatic heterocycles. The Kier molecular flexibility index (Phi) is 5.26. The highest BCUT2D eigenvalue weighted by atomic mass is 35.5. The molecule has 0 radical (unpaired) electrons. The number of hydrogen-bond acceptors (Lipinski definition) is 4. The number of carbonyl (C=O) groups is 1. The zero-order valence-electron chi connectivity index (χ0n) is 13.5. The lowest BCUT2D eigenvalue weighted by molar-refractivity contribution is 0.0992. The van der Waals surface area contributed by atoms with E-state index < -0.39 is 0 Å². The van der Waals surface area contributed by atoms with Crippen LogP contribution in [0.2, 0.25) is 5.02 Å². The maximum absolute atomic E-state index is 12.2. The van der Waals surface area contributed by atoms with Crippen molar-refractivity contribution < 1.29 is 18.7 Å². The maximum Gasteiger partial charge on any atom is 0.291 e. The van der Waals surface area contributed by atoms with Crippen LogP contribution in [0.3, 0.4) is 0 Å². The van der Waals surface area contributed by atoms with Crippen LogP contribution in [0.25, 0.3) is 0 Å². The van der Waals surface area contributed by atoms with Gasteiger partial charge in [-0.25, -0.2) is 0 Å². The summed E-state index contributed by atoms with van der Waals surface area (Å²) < 4.78 is 16.4. The molecule has 5 nitrogen and oxygen atoms in total. The van der Waals surface area contributed by atoms with Crippen LogP contribution in [0.15, 0.2) is 65.1 Å². The van der Waals surface area contributed by atoms with Gasteiger partial charge in [-0.3, -0.25) is 4.79 Å². The average molecular weight is 358 g/mol. The summed E-state index contributed by atoms with van der Waals surface area (Å²) >= 11 is 5.90. The first-order valence-corrected chi connectivity index (χ1v) is 7.95. The molecule has 1 heterocycles. The summed E-state index contributed by atoms with van der Waals surface area (Å²) in [6.07, 6.45) is 0. The van der Waals surface area contributed by atoms with Crippen molar-refractivity contribution in [3.63, 3.8) is 0 Å². The first-order valence-electron chi connectivity index (χ1n) is 7.57. The van der Waals surface area contributed by atoms with Crippen molar-refractivity contribution in [3.05, 3.63) is 77.2 Å². The number of ether oxygens (including phenoxy) is 2. The van der Waals surface area contributed by atoms with E-state index in [1.165, 1.54) is 0 Å². The molecular weight excluding hydrogens is 342 g/mol. The summed E-state index contributed by atoms with van der Waals surface area (Å²) in [5, 5.41) is 3.27. The number of furan rings is 1. The third-order valence-electron chi connectivity index (χ3n) is 3.41. The van der Waals surface area contributed by atoms with E-state index in [4.69, 9.17) is 25.5 Å². The first-order chi connectivity index (χ1) is 12.2. The van der Waals surface area contributed by atoms with E-state index in [2.05, 4.69) is 5.32 Å². The van der Waals surface area contributed by atoms with E-state index in [-0.39, 0.29) is 18.3 Å². The van der Waals surface area contributed by atoms with E-state index in [9.17, 15) is 4.79 Å². The Labute approximate surface area is 150 Å². The van der Waals surface area contributed by atoms with Gasteiger partial charge in [0.25, 0.3) is 5.91 Å². The Bertz CT molecular complexity index is 875. The number of para-hydroxylation sites is 2. The molecule has 3 aromatic rings. The van der Waals surface area contributed by atoms with Gasteiger partial charge in [0.1, 0.15) is 12.4 Å². The van der Waals surface area contributed by atoms with E-state index in [1.807, 2.05) is 12.1 Å². The van der Waals surface area contributed by atoms with Crippen LogP contribution in [0.4, 0.5) is 5.69 Å². The van der Waals surface area contributed by atoms with E-state index >= 15 is 0 Å². The zero-order valence-corrected chi connectivity index (χ0v) is 14.2. The molecule has 6 heteroatoms. The lowest BCUT2D eigenvalue weighted by Crippen LogP contribution is -2.10. The van der Waals surface area contributed by atoms with Crippen molar-refractivity contribution in [1.82, 2.24) is 0 Å². The van der Waals surface area contributed by atoms with E-state index in [0.717, 1.165) is 0 Å². The van der Waals surface area contributed by atoms with Gasteiger partial charge in [-0.1, -0.05) is 29.8 Å². The average Bonchev–Trinajstić information content (AvgIpc) is 3.09. The second kappa shape index (κ2) is 7.77. The summed E-state index contributed by atoms with van der Waals surface area (Å²) in [4.78, 5) is 12.2. The van der Waals surface area contributed by atoms with Gasteiger partial charge >= 0.3 is 0 Å². The topological polar surface area (TPSA) is 60.7 Å². The SMILES string of the molecule is COc1ccccc1OCc1ccc(C(=O)Nc2cccc(Cl)c2)o1. The summed E-state index contributed by atoms with van der Waals surface area (Å²) in [5.74, 6) is 1.60. The Hall–Kier alpha value is -2.92. The normalized spacial score (nSPS) is 10.3. The van der Waals surface area contributed by atoms with E-state index in [1.54, 1.807) is 55.6 Å². The predicted octanol–water partition coefficient (Wildman–Crippen LogP) is 4.77. The fraction of sp³-hybridized carbons (Fsp3) is 0.105. The smallest absolute Gasteiger partial charge is 0.291 e. The van der Waals surface area contributed by atoms with Crippen LogP contribution in [-0.2, 0) is 6.61 Å². The fourth-order valence-corrected chi connectivity index (χ4v) is 2.41. The van der Waals surface area contributed by atoms with Gasteiger partial charge in [-0.15, -0.1) is 0 Å². The first kappa shape index (κ1) is 16.9. The molecule has 25 heavy (non-hydrogen) atoms. The van der Waals surface area contributed by atoms with Crippen molar-refractivity contribution >= 4 is 23.2 Å². The highest BCUT2D eigenvalue weighted by molar-refractivity contribution is 6.30. The molecule has 0 aliphatic carbocycles. The second-order valence-electron chi connectivity index (χ2n) is 5.17. The molecular formula is C19H16ClNO4. The van der Waals surface area contributed by atoms with Crippen molar-refractivity contribution in [2.75, 3.05) is 12.4 Å². The molecule has 0 saturated carbocycles. The van der Waals surface area contributed by atoms with Gasteiger partial charge in [0.2, 0.25) is 0 Å². The summed E-state index contributed by atoms with van der Waals surface area (Å²) in [6.45, 7) is 0.185. The van der Waals surface area contributed by atoms with Crippen LogP contribution >= 0.6 is 11.6 Å². The number of nitrogens with one attached hydrogen (secondary N) is 1. The Morgan fingerprint density at radius 2 is 1.88 bits per heavy atom. The molecule has 1 N–H and O–H groups in total. The van der Waals surface area contributed by atoms with Crippen LogP contribution in [-0.4, -0.2) is 13.0 Å². The van der Waals surface area contributed by atoms with Gasteiger partial charge in [0, 0.05) is 10.7 Å². The second-order valence-corrected chi connectivity index (χ2v) is 5.61. The van der Waals surface area contributed by atoms with E-state index in [0.29, 0.717) is 28.0 Å². The molecule has 0 atom stereocenters. The van der Waals surface area contributed by atoms with Gasteiger partial charge in [0.15, 0.2) is 17.3 Å². The number of hydrogen-bond donors (Lipinski definition) is 1. The highest BCUT2D eigenvalue weighted by Gasteiger charge is 2.12. The highest BCUT2D eigenvalue weighted by Crippen LogP contribution is 2.27. The third kappa shape index (κ3) is 4.33. The maximum atomic E-state index is 12.2. The third-order valence-corrected chi connectivity index (χ3v) is 3.64. The van der Waals surface area contributed by atoms with Crippen LogP contribution in [0.1, 0.15) is 16.3 Å². The monoisotopic (exact) mass is 357 g/mol. The number of carbonyl (C=O) groups excluding carboxylic acids is 1. The quantitative estimate of drug-likeness (QED) is 0.690. The summed E-state index contributed by atoms with van der Waals surface area (Å²) in [5.41, 5.74) is 0.598. The minimum absolute atomic E-state index is 0.185. The molecule has 3 rings (SSSR count). The number of rotatable bonds is 6. The largest absolute Gasteiger partial charge is 0.493 e. The molecule has 0 saturated heterocycles. The summed E-state index contributed by atoms with van der Waals surface area (Å²) in [7, 11) is 1.58. The van der Waals surface area contributed by atoms with Gasteiger partial charge < -0.3 is 19.2 Å². The lowest BCUT2D eigenvalue weighted by Gasteiger charge is -2.08. The summed E-state index contributed by atoms with van der Waals surface area (Å²) in [6, 6.07) is 17.5. The number of methoxy groups -OCH3 is 1. The van der Waals surface area contributed by atoms with Crippen molar-refractivity contribution in [3.8, 4) is 11.5 Å². The Morgan fingerprint density at radius 3 is 2.64 bits per heavy atom. The lowest BCUT2D eigenvalue weighted by atomic mass is 10.3. The molecule has 0 unspecified atom stereocenters. The minimum Gasteiger partial charge on any atom is -0.493 e. The molecule has 1 amide bonds. The molecule has 0 aliphatic heterocycles. The Balaban J connectivity index is 1.63. The number of halogens is 1. The van der Waals surface area contributed by atoms with Crippen molar-refractivity contribution in [2.24, 2.45) is 0 Å². The minimum atomic E-state index is -0.356. The fourth-order valence-electron chi connectivity index (χ4n) is 2.22. The van der Waals surface area contributed by atoms with Crippen molar-refractivity contribution in [1.29, 1.82) is 0 Å². The standard InChI is InChI=1S/C19H16ClNO4/c1-23-16-7-2-3-8-17(16)24-12-15-9-10-18(25-15)19(22)21-14-6-4-5-13(20)11-14/h2-11H,12H2,1H3,(H,21,22). The van der Waals surface area contributed by atoms with Gasteiger partial charge in [-0.2, -0.15) is 0 Å². The Morgan fingerprint density at radius 1 is 1.08 bits per heavy atom. The molecule has 2 aromatic carbocycles. The molecule has 0 fully saturated rings. The number of amides is 1. The molecule has 128 valence electrons. The number of benzene rings is 2. The number of anilines is 1. The molecule has 0 bridgehead atoms. The van der Waals surface area contributed by atoms with Crippen molar-refractivity contribution in [2.45, 2.75) is 6.61 Å². The van der Waals surface area contributed by atoms with Crippen LogP contribution < -0.4 is 14.8 Å².